The van der Waals surface area contributed by atoms with Crippen molar-refractivity contribution in [2.24, 2.45) is 0 Å². The highest BCUT2D eigenvalue weighted by molar-refractivity contribution is 7.21. The van der Waals surface area contributed by atoms with Crippen LogP contribution < -0.4 is 11.1 Å². The van der Waals surface area contributed by atoms with Crippen LogP contribution >= 0.6 is 22.9 Å². The fourth-order valence-electron chi connectivity index (χ4n) is 2.20. The van der Waals surface area contributed by atoms with Gasteiger partial charge >= 0.3 is 0 Å². The number of carbonyl (C=O) groups excluding carboxylic acids is 1. The van der Waals surface area contributed by atoms with E-state index in [4.69, 9.17) is 22.1 Å². The predicted octanol–water partition coefficient (Wildman–Crippen LogP) is 2.66. The van der Waals surface area contributed by atoms with Gasteiger partial charge in [-0.1, -0.05) is 17.7 Å². The summed E-state index contributed by atoms with van der Waals surface area (Å²) in [5.41, 5.74) is 6.51. The Kier molecular flexibility index (Phi) is 3.35. The molecule has 2 aromatic rings. The number of halogens is 1. The molecule has 100 valence electrons. The van der Waals surface area contributed by atoms with Crippen LogP contribution in [0.25, 0.3) is 10.1 Å². The number of nitrogen functional groups attached to an aromatic ring is 1. The average Bonchev–Trinajstić information content (AvgIpc) is 2.98. The van der Waals surface area contributed by atoms with Gasteiger partial charge < -0.3 is 15.8 Å². The lowest BCUT2D eigenvalue weighted by Crippen LogP contribution is -2.34. The van der Waals surface area contributed by atoms with Crippen LogP contribution in [0.3, 0.4) is 0 Å². The number of hydrogen-bond donors (Lipinski definition) is 2. The lowest BCUT2D eigenvalue weighted by molar-refractivity contribution is 0.0935. The summed E-state index contributed by atoms with van der Waals surface area (Å²) in [7, 11) is 0. The Labute approximate surface area is 119 Å². The molecule has 4 nitrogen and oxygen atoms in total. The zero-order valence-corrected chi connectivity index (χ0v) is 11.7. The quantitative estimate of drug-likeness (QED) is 0.895. The van der Waals surface area contributed by atoms with Crippen LogP contribution in [0.1, 0.15) is 16.1 Å². The van der Waals surface area contributed by atoms with Crippen molar-refractivity contribution in [1.82, 2.24) is 5.32 Å². The Morgan fingerprint density at radius 2 is 2.37 bits per heavy atom. The van der Waals surface area contributed by atoms with Gasteiger partial charge in [-0.2, -0.15) is 0 Å². The van der Waals surface area contributed by atoms with Gasteiger partial charge in [-0.25, -0.2) is 0 Å². The number of nitrogens with one attached hydrogen (secondary N) is 1. The smallest absolute Gasteiger partial charge is 0.263 e. The second-order valence-electron chi connectivity index (χ2n) is 4.49. The van der Waals surface area contributed by atoms with Gasteiger partial charge in [0.15, 0.2) is 0 Å². The van der Waals surface area contributed by atoms with Gasteiger partial charge in [0.2, 0.25) is 0 Å². The topological polar surface area (TPSA) is 64.4 Å². The van der Waals surface area contributed by atoms with Crippen molar-refractivity contribution in [3.63, 3.8) is 0 Å². The number of rotatable bonds is 2. The van der Waals surface area contributed by atoms with Crippen molar-refractivity contribution in [3.8, 4) is 0 Å². The molecule has 1 aliphatic heterocycles. The summed E-state index contributed by atoms with van der Waals surface area (Å²) in [6.45, 7) is 1.26. The number of benzene rings is 1. The largest absolute Gasteiger partial charge is 0.397 e. The fraction of sp³-hybridized carbons (Fsp3) is 0.308. The summed E-state index contributed by atoms with van der Waals surface area (Å²) in [6, 6.07) is 5.62. The van der Waals surface area contributed by atoms with Gasteiger partial charge in [-0.15, -0.1) is 11.3 Å². The van der Waals surface area contributed by atoms with Gasteiger partial charge in [0, 0.05) is 16.7 Å². The van der Waals surface area contributed by atoms with Gasteiger partial charge in [-0.05, 0) is 18.6 Å². The second-order valence-corrected chi connectivity index (χ2v) is 5.95. The minimum atomic E-state index is -0.148. The van der Waals surface area contributed by atoms with Gasteiger partial charge in [0.25, 0.3) is 5.91 Å². The molecular weight excluding hydrogens is 284 g/mol. The SMILES string of the molecule is Nc1c(C(=O)NC2CCOC2)sc2cccc(Cl)c12. The van der Waals surface area contributed by atoms with E-state index in [0.717, 1.165) is 16.5 Å². The van der Waals surface area contributed by atoms with E-state index in [1.165, 1.54) is 11.3 Å². The molecule has 1 saturated heterocycles. The highest BCUT2D eigenvalue weighted by Gasteiger charge is 2.22. The van der Waals surface area contributed by atoms with Crippen LogP contribution in [0, 0.1) is 0 Å². The fourth-order valence-corrected chi connectivity index (χ4v) is 3.58. The maximum absolute atomic E-state index is 12.2. The summed E-state index contributed by atoms with van der Waals surface area (Å²) in [5.74, 6) is -0.148. The van der Waals surface area contributed by atoms with Crippen LogP contribution in [0.15, 0.2) is 18.2 Å². The molecule has 1 amide bonds. The normalized spacial score (nSPS) is 18.9. The van der Waals surface area contributed by atoms with Crippen molar-refractivity contribution in [2.45, 2.75) is 12.5 Å². The number of carbonyl (C=O) groups is 1. The number of nitrogens with two attached hydrogens (primary N) is 1. The van der Waals surface area contributed by atoms with Crippen LogP contribution in [0.2, 0.25) is 5.02 Å². The third-order valence-corrected chi connectivity index (χ3v) is 4.66. The Balaban J connectivity index is 1.94. The minimum Gasteiger partial charge on any atom is -0.397 e. The molecular formula is C13H13ClN2O2S. The zero-order valence-electron chi connectivity index (χ0n) is 10.1. The molecule has 1 aliphatic rings. The molecule has 1 aromatic carbocycles. The number of hydrogen-bond acceptors (Lipinski definition) is 4. The Hall–Kier alpha value is -1.30. The highest BCUT2D eigenvalue weighted by atomic mass is 35.5. The summed E-state index contributed by atoms with van der Waals surface area (Å²) >= 11 is 7.49. The monoisotopic (exact) mass is 296 g/mol. The van der Waals surface area contributed by atoms with Crippen LogP contribution in [-0.4, -0.2) is 25.2 Å². The summed E-state index contributed by atoms with van der Waals surface area (Å²) in [6.07, 6.45) is 0.845. The zero-order chi connectivity index (χ0) is 13.4. The Morgan fingerprint density at radius 1 is 1.53 bits per heavy atom. The van der Waals surface area contributed by atoms with E-state index in [1.54, 1.807) is 6.07 Å². The molecule has 3 rings (SSSR count). The number of anilines is 1. The molecule has 3 N–H and O–H groups in total. The molecule has 6 heteroatoms. The van der Waals surface area contributed by atoms with E-state index in [1.807, 2.05) is 12.1 Å². The van der Waals surface area contributed by atoms with Crippen molar-refractivity contribution >= 4 is 44.6 Å². The molecule has 0 saturated carbocycles. The van der Waals surface area contributed by atoms with Gasteiger partial charge in [0.05, 0.1) is 23.4 Å². The second kappa shape index (κ2) is 5.00. The molecule has 1 fully saturated rings. The van der Waals surface area contributed by atoms with Gasteiger partial charge in [0.1, 0.15) is 4.88 Å². The van der Waals surface area contributed by atoms with Crippen molar-refractivity contribution < 1.29 is 9.53 Å². The first-order valence-electron chi connectivity index (χ1n) is 6.02. The van der Waals surface area contributed by atoms with Crippen molar-refractivity contribution in [2.75, 3.05) is 18.9 Å². The average molecular weight is 297 g/mol. The van der Waals surface area contributed by atoms with E-state index in [2.05, 4.69) is 5.32 Å². The summed E-state index contributed by atoms with van der Waals surface area (Å²) < 4.78 is 6.17. The van der Waals surface area contributed by atoms with E-state index in [-0.39, 0.29) is 11.9 Å². The van der Waals surface area contributed by atoms with Crippen molar-refractivity contribution in [3.05, 3.63) is 28.1 Å². The molecule has 0 radical (unpaired) electrons. The van der Waals surface area contributed by atoms with E-state index in [9.17, 15) is 4.79 Å². The van der Waals surface area contributed by atoms with Crippen LogP contribution in [0.4, 0.5) is 5.69 Å². The molecule has 1 atom stereocenters. The Bertz CT molecular complexity index is 635. The lowest BCUT2D eigenvalue weighted by atomic mass is 10.2. The molecule has 0 aliphatic carbocycles. The number of amides is 1. The standard InChI is InChI=1S/C13H13ClN2O2S/c14-8-2-1-3-9-10(8)11(15)12(19-9)13(17)16-7-4-5-18-6-7/h1-3,7H,4-6,15H2,(H,16,17). The molecule has 1 aromatic heterocycles. The maximum Gasteiger partial charge on any atom is 0.263 e. The number of fused-ring (bicyclic) bond motifs is 1. The van der Waals surface area contributed by atoms with E-state index >= 15 is 0 Å². The Morgan fingerprint density at radius 3 is 3.05 bits per heavy atom. The van der Waals surface area contributed by atoms with E-state index in [0.29, 0.717) is 28.8 Å². The number of thiophene rings is 1. The van der Waals surface area contributed by atoms with Gasteiger partial charge in [-0.3, -0.25) is 4.79 Å². The molecule has 19 heavy (non-hydrogen) atoms. The first kappa shape index (κ1) is 12.7. The highest BCUT2D eigenvalue weighted by Crippen LogP contribution is 2.37. The first-order chi connectivity index (χ1) is 9.16. The third kappa shape index (κ3) is 2.29. The lowest BCUT2D eigenvalue weighted by Gasteiger charge is -2.09. The number of ether oxygens (including phenoxy) is 1. The minimum absolute atomic E-state index is 0.0765. The molecule has 0 bridgehead atoms. The van der Waals surface area contributed by atoms with Crippen molar-refractivity contribution in [1.29, 1.82) is 0 Å². The van der Waals surface area contributed by atoms with Crippen LogP contribution in [-0.2, 0) is 4.74 Å². The molecule has 1 unspecified atom stereocenters. The van der Waals surface area contributed by atoms with E-state index < -0.39 is 0 Å². The first-order valence-corrected chi connectivity index (χ1v) is 7.21. The maximum atomic E-state index is 12.2. The predicted molar refractivity (Wildman–Crippen MR) is 77.9 cm³/mol. The molecule has 0 spiro atoms. The molecule has 2 heterocycles. The van der Waals surface area contributed by atoms with Crippen LogP contribution in [0.5, 0.6) is 0 Å². The third-order valence-electron chi connectivity index (χ3n) is 3.17. The summed E-state index contributed by atoms with van der Waals surface area (Å²) in [4.78, 5) is 12.7. The summed E-state index contributed by atoms with van der Waals surface area (Å²) in [5, 5.41) is 4.28.